The smallest absolute Gasteiger partial charge is 0.277 e. The normalized spacial score (nSPS) is 11.6. The van der Waals surface area contributed by atoms with Crippen LogP contribution in [-0.2, 0) is 14.3 Å². The summed E-state index contributed by atoms with van der Waals surface area (Å²) in [4.78, 5) is 11.1. The Morgan fingerprint density at radius 2 is 1.71 bits per heavy atom. The van der Waals surface area contributed by atoms with Crippen molar-refractivity contribution in [2.75, 3.05) is 26.4 Å². The van der Waals surface area contributed by atoms with Gasteiger partial charge in [0.05, 0.1) is 26.4 Å². The molecule has 0 aliphatic heterocycles. The molecule has 0 aromatic heterocycles. The molecule has 0 aliphatic rings. The molecule has 6 nitrogen and oxygen atoms in total. The number of amides is 1. The van der Waals surface area contributed by atoms with Gasteiger partial charge in [0.2, 0.25) is 5.79 Å². The lowest BCUT2D eigenvalue weighted by Gasteiger charge is -2.28. The molecule has 0 atom stereocenters. The van der Waals surface area contributed by atoms with E-state index >= 15 is 0 Å². The first-order valence-corrected chi connectivity index (χ1v) is 4.42. The summed E-state index contributed by atoms with van der Waals surface area (Å²) in [6.07, 6.45) is 0.225. The predicted octanol–water partition coefficient (Wildman–Crippen LogP) is -1.40. The number of aliphatic hydroxyl groups is 2. The molecule has 4 N–H and O–H groups in total. The second-order valence-electron chi connectivity index (χ2n) is 2.61. The number of hydrogen-bond donors (Lipinski definition) is 3. The van der Waals surface area contributed by atoms with Crippen LogP contribution < -0.4 is 5.73 Å². The highest BCUT2D eigenvalue weighted by molar-refractivity contribution is 5.81. The Bertz CT molecular complexity index is 165. The number of carbonyl (C=O) groups excluding carboxylic acids is 1. The van der Waals surface area contributed by atoms with Crippen molar-refractivity contribution in [1.82, 2.24) is 0 Å². The van der Waals surface area contributed by atoms with Crippen LogP contribution in [0.3, 0.4) is 0 Å². The monoisotopic (exact) mass is 207 g/mol. The molecule has 0 bridgehead atoms. The third-order valence-corrected chi connectivity index (χ3v) is 1.69. The van der Waals surface area contributed by atoms with Crippen LogP contribution in [0.4, 0.5) is 0 Å². The van der Waals surface area contributed by atoms with E-state index in [0.29, 0.717) is 0 Å². The fraction of sp³-hybridized carbons (Fsp3) is 0.875. The molecule has 0 radical (unpaired) electrons. The van der Waals surface area contributed by atoms with Crippen LogP contribution in [0.15, 0.2) is 0 Å². The molecule has 0 aromatic rings. The summed E-state index contributed by atoms with van der Waals surface area (Å²) in [7, 11) is 0. The zero-order chi connectivity index (χ0) is 11.0. The Balaban J connectivity index is 4.35. The van der Waals surface area contributed by atoms with Gasteiger partial charge in [-0.05, 0) is 0 Å². The van der Waals surface area contributed by atoms with Crippen molar-refractivity contribution in [1.29, 1.82) is 0 Å². The Hall–Kier alpha value is -0.690. The lowest BCUT2D eigenvalue weighted by Crippen LogP contribution is -2.49. The summed E-state index contributed by atoms with van der Waals surface area (Å²) in [5.41, 5.74) is 5.11. The van der Waals surface area contributed by atoms with E-state index in [1.165, 1.54) is 0 Å². The maximum absolute atomic E-state index is 11.1. The SMILES string of the molecule is CCC(OCCO)(OCCO)C(N)=O. The summed E-state index contributed by atoms with van der Waals surface area (Å²) in [6.45, 7) is 1.14. The largest absolute Gasteiger partial charge is 0.394 e. The third-order valence-electron chi connectivity index (χ3n) is 1.69. The molecule has 6 heteroatoms. The standard InChI is InChI=1S/C8H17NO5/c1-2-8(7(9)12,13-5-3-10)14-6-4-11/h10-11H,2-6H2,1H3,(H2,9,12). The molecular weight excluding hydrogens is 190 g/mol. The molecular formula is C8H17NO5. The van der Waals surface area contributed by atoms with Gasteiger partial charge < -0.3 is 25.4 Å². The summed E-state index contributed by atoms with van der Waals surface area (Å²) >= 11 is 0. The number of rotatable bonds is 8. The molecule has 14 heavy (non-hydrogen) atoms. The zero-order valence-corrected chi connectivity index (χ0v) is 8.23. The number of carbonyl (C=O) groups is 1. The first kappa shape index (κ1) is 13.3. The van der Waals surface area contributed by atoms with Gasteiger partial charge in [0.15, 0.2) is 0 Å². The van der Waals surface area contributed by atoms with Gasteiger partial charge in [-0.1, -0.05) is 6.92 Å². The average molecular weight is 207 g/mol. The maximum Gasteiger partial charge on any atom is 0.277 e. The zero-order valence-electron chi connectivity index (χ0n) is 8.23. The topological polar surface area (TPSA) is 102 Å². The van der Waals surface area contributed by atoms with E-state index < -0.39 is 11.7 Å². The van der Waals surface area contributed by atoms with Crippen LogP contribution in [0.25, 0.3) is 0 Å². The highest BCUT2D eigenvalue weighted by atomic mass is 16.7. The van der Waals surface area contributed by atoms with Crippen LogP contribution in [-0.4, -0.2) is 48.3 Å². The minimum atomic E-state index is -1.54. The molecule has 0 saturated carbocycles. The number of hydrogen-bond acceptors (Lipinski definition) is 5. The van der Waals surface area contributed by atoms with Gasteiger partial charge in [-0.25, -0.2) is 0 Å². The summed E-state index contributed by atoms with van der Waals surface area (Å²) in [6, 6.07) is 0. The third kappa shape index (κ3) is 3.59. The Kier molecular flexibility index (Phi) is 6.39. The Labute approximate surface area is 82.6 Å². The fourth-order valence-corrected chi connectivity index (χ4v) is 0.983. The van der Waals surface area contributed by atoms with E-state index in [2.05, 4.69) is 0 Å². The van der Waals surface area contributed by atoms with Crippen LogP contribution >= 0.6 is 0 Å². The molecule has 0 aliphatic carbocycles. The van der Waals surface area contributed by atoms with Crippen LogP contribution in [0.2, 0.25) is 0 Å². The van der Waals surface area contributed by atoms with Gasteiger partial charge in [-0.2, -0.15) is 0 Å². The van der Waals surface area contributed by atoms with Gasteiger partial charge in [-0.15, -0.1) is 0 Å². The van der Waals surface area contributed by atoms with E-state index in [1.54, 1.807) is 6.92 Å². The van der Waals surface area contributed by atoms with Crippen molar-refractivity contribution in [2.45, 2.75) is 19.1 Å². The molecule has 84 valence electrons. The van der Waals surface area contributed by atoms with Crippen molar-refractivity contribution in [3.05, 3.63) is 0 Å². The van der Waals surface area contributed by atoms with Crippen LogP contribution in [0.1, 0.15) is 13.3 Å². The summed E-state index contributed by atoms with van der Waals surface area (Å²) < 4.78 is 10.1. The maximum atomic E-state index is 11.1. The molecule has 0 saturated heterocycles. The molecule has 0 heterocycles. The van der Waals surface area contributed by atoms with Crippen molar-refractivity contribution >= 4 is 5.91 Å². The Morgan fingerprint density at radius 3 is 1.93 bits per heavy atom. The minimum Gasteiger partial charge on any atom is -0.394 e. The Morgan fingerprint density at radius 1 is 1.29 bits per heavy atom. The van der Waals surface area contributed by atoms with Crippen LogP contribution in [0, 0.1) is 0 Å². The van der Waals surface area contributed by atoms with E-state index in [9.17, 15) is 4.79 Å². The van der Waals surface area contributed by atoms with E-state index in [1.807, 2.05) is 0 Å². The van der Waals surface area contributed by atoms with Crippen LogP contribution in [0.5, 0.6) is 0 Å². The highest BCUT2D eigenvalue weighted by Gasteiger charge is 2.36. The van der Waals surface area contributed by atoms with Crippen molar-refractivity contribution in [3.8, 4) is 0 Å². The number of ether oxygens (including phenoxy) is 2. The second-order valence-corrected chi connectivity index (χ2v) is 2.61. The molecule has 0 rings (SSSR count). The first-order valence-electron chi connectivity index (χ1n) is 4.42. The van der Waals surface area contributed by atoms with Crippen molar-refractivity contribution in [3.63, 3.8) is 0 Å². The molecule has 0 fully saturated rings. The number of aliphatic hydroxyl groups excluding tert-OH is 2. The minimum absolute atomic E-state index is 0.0395. The van der Waals surface area contributed by atoms with Gasteiger partial charge in [0.1, 0.15) is 0 Å². The highest BCUT2D eigenvalue weighted by Crippen LogP contribution is 2.17. The number of nitrogens with two attached hydrogens (primary N) is 1. The lowest BCUT2D eigenvalue weighted by molar-refractivity contribution is -0.234. The van der Waals surface area contributed by atoms with Gasteiger partial charge >= 0.3 is 0 Å². The van der Waals surface area contributed by atoms with E-state index in [-0.39, 0.29) is 32.8 Å². The van der Waals surface area contributed by atoms with E-state index in [4.69, 9.17) is 25.4 Å². The summed E-state index contributed by atoms with van der Waals surface area (Å²) in [5, 5.41) is 17.1. The quantitative estimate of drug-likeness (QED) is 0.425. The first-order chi connectivity index (χ1) is 6.63. The van der Waals surface area contributed by atoms with Gasteiger partial charge in [-0.3, -0.25) is 4.79 Å². The molecule has 0 aromatic carbocycles. The predicted molar refractivity (Wildman–Crippen MR) is 48.3 cm³/mol. The average Bonchev–Trinajstić information content (AvgIpc) is 2.18. The fourth-order valence-electron chi connectivity index (χ4n) is 0.983. The molecule has 1 amide bonds. The van der Waals surface area contributed by atoms with Gasteiger partial charge in [0, 0.05) is 6.42 Å². The van der Waals surface area contributed by atoms with Gasteiger partial charge in [0.25, 0.3) is 5.91 Å². The molecule has 0 unspecified atom stereocenters. The lowest BCUT2D eigenvalue weighted by atomic mass is 10.2. The second kappa shape index (κ2) is 6.72. The van der Waals surface area contributed by atoms with Crippen molar-refractivity contribution in [2.24, 2.45) is 5.73 Å². The summed E-state index contributed by atoms with van der Waals surface area (Å²) in [5.74, 6) is -2.30. The number of primary amides is 1. The van der Waals surface area contributed by atoms with Crippen molar-refractivity contribution < 1.29 is 24.5 Å². The van der Waals surface area contributed by atoms with E-state index in [0.717, 1.165) is 0 Å². The molecule has 0 spiro atoms.